The smallest absolute Gasteiger partial charge is 0.250 e. The highest BCUT2D eigenvalue weighted by atomic mass is 35.5. The Morgan fingerprint density at radius 2 is 1.96 bits per heavy atom. The number of nitrogens with zero attached hydrogens (tertiary/aromatic N) is 3. The van der Waals surface area contributed by atoms with E-state index in [1.807, 2.05) is 12.1 Å². The van der Waals surface area contributed by atoms with Gasteiger partial charge in [-0.05, 0) is 35.9 Å². The SMILES string of the molecule is CC(=O)Nc1nc2n(n1)[C@H](c1c(F)cccc1Cl)C=C(c1ccc(Cl)cc1)N2. The second kappa shape index (κ2) is 7.26. The number of aromatic nitrogens is 3. The number of benzene rings is 2. The topological polar surface area (TPSA) is 71.8 Å². The molecule has 0 bridgehead atoms. The molecule has 142 valence electrons. The fraction of sp³-hybridized carbons (Fsp3) is 0.105. The van der Waals surface area contributed by atoms with Crippen LogP contribution in [0.15, 0.2) is 48.5 Å². The summed E-state index contributed by atoms with van der Waals surface area (Å²) < 4.78 is 16.1. The zero-order valence-corrected chi connectivity index (χ0v) is 16.1. The van der Waals surface area contributed by atoms with E-state index in [2.05, 4.69) is 20.7 Å². The van der Waals surface area contributed by atoms with E-state index in [-0.39, 0.29) is 22.4 Å². The molecular formula is C19H14Cl2FN5O. The summed E-state index contributed by atoms with van der Waals surface area (Å²) in [5.74, 6) is -0.318. The molecule has 28 heavy (non-hydrogen) atoms. The van der Waals surface area contributed by atoms with Gasteiger partial charge in [-0.3, -0.25) is 10.1 Å². The van der Waals surface area contributed by atoms with Gasteiger partial charge in [-0.1, -0.05) is 41.4 Å². The van der Waals surface area contributed by atoms with Crippen LogP contribution in [0, 0.1) is 5.82 Å². The van der Waals surface area contributed by atoms with E-state index in [1.165, 1.54) is 23.7 Å². The number of rotatable bonds is 3. The molecule has 1 aromatic heterocycles. The van der Waals surface area contributed by atoms with Crippen LogP contribution in [0.3, 0.4) is 0 Å². The third kappa shape index (κ3) is 3.46. The molecule has 0 unspecified atom stereocenters. The van der Waals surface area contributed by atoms with Crippen LogP contribution in [0.1, 0.15) is 24.1 Å². The van der Waals surface area contributed by atoms with Gasteiger partial charge in [-0.15, -0.1) is 5.10 Å². The van der Waals surface area contributed by atoms with Crippen LogP contribution in [0.5, 0.6) is 0 Å². The number of carbonyl (C=O) groups is 1. The number of carbonyl (C=O) groups excluding carboxylic acids is 1. The molecule has 1 aliphatic heterocycles. The lowest BCUT2D eigenvalue weighted by molar-refractivity contribution is -0.114. The molecule has 0 saturated heterocycles. The van der Waals surface area contributed by atoms with E-state index in [0.29, 0.717) is 16.7 Å². The number of halogens is 3. The zero-order chi connectivity index (χ0) is 19.8. The van der Waals surface area contributed by atoms with Crippen molar-refractivity contribution in [3.63, 3.8) is 0 Å². The van der Waals surface area contributed by atoms with Gasteiger partial charge in [0.05, 0.1) is 0 Å². The Kier molecular flexibility index (Phi) is 4.78. The second-order valence-corrected chi connectivity index (χ2v) is 7.02. The number of allylic oxidation sites excluding steroid dienone is 1. The number of fused-ring (bicyclic) bond motifs is 1. The van der Waals surface area contributed by atoms with Crippen LogP contribution in [0.4, 0.5) is 16.3 Å². The molecule has 2 N–H and O–H groups in total. The Morgan fingerprint density at radius 1 is 1.21 bits per heavy atom. The predicted molar refractivity (Wildman–Crippen MR) is 107 cm³/mol. The van der Waals surface area contributed by atoms with Gasteiger partial charge in [0.2, 0.25) is 11.9 Å². The molecule has 1 atom stereocenters. The normalized spacial score (nSPS) is 15.4. The lowest BCUT2D eigenvalue weighted by atomic mass is 10.0. The van der Waals surface area contributed by atoms with Crippen molar-refractivity contribution in [1.82, 2.24) is 14.8 Å². The van der Waals surface area contributed by atoms with Crippen molar-refractivity contribution in [2.45, 2.75) is 13.0 Å². The maximum absolute atomic E-state index is 14.6. The predicted octanol–water partition coefficient (Wildman–Crippen LogP) is 4.74. The zero-order valence-electron chi connectivity index (χ0n) is 14.6. The molecule has 4 rings (SSSR count). The molecule has 2 heterocycles. The number of hydrogen-bond acceptors (Lipinski definition) is 4. The molecular weight excluding hydrogens is 404 g/mol. The van der Waals surface area contributed by atoms with E-state index in [1.54, 1.807) is 24.3 Å². The average molecular weight is 418 g/mol. The Morgan fingerprint density at radius 3 is 2.64 bits per heavy atom. The summed E-state index contributed by atoms with van der Waals surface area (Å²) in [4.78, 5) is 15.7. The Balaban J connectivity index is 1.86. The van der Waals surface area contributed by atoms with E-state index >= 15 is 0 Å². The van der Waals surface area contributed by atoms with E-state index in [0.717, 1.165) is 5.56 Å². The molecule has 1 amide bonds. The van der Waals surface area contributed by atoms with E-state index in [9.17, 15) is 9.18 Å². The molecule has 1 aliphatic rings. The molecule has 2 aromatic carbocycles. The lowest BCUT2D eigenvalue weighted by Gasteiger charge is -2.25. The molecule has 0 saturated carbocycles. The first kappa shape index (κ1) is 18.5. The fourth-order valence-electron chi connectivity index (χ4n) is 3.00. The van der Waals surface area contributed by atoms with Gasteiger partial charge in [0.1, 0.15) is 11.9 Å². The van der Waals surface area contributed by atoms with Crippen molar-refractivity contribution < 1.29 is 9.18 Å². The summed E-state index contributed by atoms with van der Waals surface area (Å²) in [6.07, 6.45) is 1.80. The number of anilines is 2. The number of nitrogens with one attached hydrogen (secondary N) is 2. The van der Waals surface area contributed by atoms with Gasteiger partial charge in [0.25, 0.3) is 5.95 Å². The number of hydrogen-bond donors (Lipinski definition) is 2. The van der Waals surface area contributed by atoms with Crippen molar-refractivity contribution in [1.29, 1.82) is 0 Å². The highest BCUT2D eigenvalue weighted by Gasteiger charge is 2.29. The van der Waals surface area contributed by atoms with Crippen LogP contribution in [0.2, 0.25) is 10.0 Å². The third-order valence-electron chi connectivity index (χ3n) is 4.20. The van der Waals surface area contributed by atoms with E-state index < -0.39 is 11.9 Å². The van der Waals surface area contributed by atoms with E-state index in [4.69, 9.17) is 23.2 Å². The number of amides is 1. The summed E-state index contributed by atoms with van der Waals surface area (Å²) in [5.41, 5.74) is 1.78. The van der Waals surface area contributed by atoms with Gasteiger partial charge < -0.3 is 5.32 Å². The fourth-order valence-corrected chi connectivity index (χ4v) is 3.40. The molecule has 0 fully saturated rings. The minimum Gasteiger partial charge on any atom is -0.324 e. The summed E-state index contributed by atoms with van der Waals surface area (Å²) in [7, 11) is 0. The molecule has 3 aromatic rings. The minimum atomic E-state index is -0.661. The van der Waals surface area contributed by atoms with Crippen molar-refractivity contribution >= 4 is 46.7 Å². The molecule has 6 nitrogen and oxygen atoms in total. The maximum atomic E-state index is 14.6. The van der Waals surface area contributed by atoms with Crippen molar-refractivity contribution in [2.24, 2.45) is 0 Å². The molecule has 0 radical (unpaired) electrons. The van der Waals surface area contributed by atoms with Gasteiger partial charge in [-0.25, -0.2) is 9.07 Å². The Bertz CT molecular complexity index is 1070. The highest BCUT2D eigenvalue weighted by molar-refractivity contribution is 6.31. The summed E-state index contributed by atoms with van der Waals surface area (Å²) in [6.45, 7) is 1.36. The first-order valence-corrected chi connectivity index (χ1v) is 9.11. The van der Waals surface area contributed by atoms with Gasteiger partial charge in [0.15, 0.2) is 0 Å². The van der Waals surface area contributed by atoms with Crippen molar-refractivity contribution in [3.8, 4) is 0 Å². The maximum Gasteiger partial charge on any atom is 0.250 e. The monoisotopic (exact) mass is 417 g/mol. The summed E-state index contributed by atoms with van der Waals surface area (Å²) in [5, 5.41) is 10.9. The Hall–Kier alpha value is -2.90. The van der Waals surface area contributed by atoms with Crippen LogP contribution >= 0.6 is 23.2 Å². The van der Waals surface area contributed by atoms with Gasteiger partial charge >= 0.3 is 0 Å². The standard InChI is InChI=1S/C19H14Cl2FN5O/c1-10(28)23-18-25-19-24-15(11-5-7-12(20)8-6-11)9-16(27(19)26-18)17-13(21)3-2-4-14(17)22/h2-9,16H,1H3,(H2,23,24,25,26,28)/t16-/m0/s1. The largest absolute Gasteiger partial charge is 0.324 e. The quantitative estimate of drug-likeness (QED) is 0.645. The minimum absolute atomic E-state index is 0.109. The van der Waals surface area contributed by atoms with Crippen molar-refractivity contribution in [3.05, 3.63) is 75.5 Å². The summed E-state index contributed by atoms with van der Waals surface area (Å²) >= 11 is 12.3. The molecule has 0 spiro atoms. The first-order chi connectivity index (χ1) is 13.4. The average Bonchev–Trinajstić information content (AvgIpc) is 3.03. The van der Waals surface area contributed by atoms with Gasteiger partial charge in [0, 0.05) is 28.2 Å². The van der Waals surface area contributed by atoms with Crippen LogP contribution < -0.4 is 10.6 Å². The first-order valence-electron chi connectivity index (χ1n) is 8.35. The third-order valence-corrected chi connectivity index (χ3v) is 4.79. The highest BCUT2D eigenvalue weighted by Crippen LogP contribution is 2.37. The van der Waals surface area contributed by atoms with Crippen LogP contribution in [-0.4, -0.2) is 20.7 Å². The van der Waals surface area contributed by atoms with Gasteiger partial charge in [-0.2, -0.15) is 4.98 Å². The van der Waals surface area contributed by atoms with Crippen LogP contribution in [-0.2, 0) is 4.79 Å². The lowest BCUT2D eigenvalue weighted by Crippen LogP contribution is -2.21. The Labute approximate surface area is 170 Å². The molecule has 0 aliphatic carbocycles. The second-order valence-electron chi connectivity index (χ2n) is 6.18. The summed E-state index contributed by atoms with van der Waals surface area (Å²) in [6, 6.07) is 11.0. The van der Waals surface area contributed by atoms with Crippen LogP contribution in [0.25, 0.3) is 5.70 Å². The molecule has 9 heteroatoms. The van der Waals surface area contributed by atoms with Crippen molar-refractivity contribution in [2.75, 3.05) is 10.6 Å².